The number of esters is 1. The molecular formula is C21H15FN2O3S. The summed E-state index contributed by atoms with van der Waals surface area (Å²) in [6.45, 7) is 0. The monoisotopic (exact) mass is 394 g/mol. The van der Waals surface area contributed by atoms with Crippen LogP contribution in [0.1, 0.15) is 20.8 Å². The molecule has 4 rings (SSSR count). The van der Waals surface area contributed by atoms with Gasteiger partial charge in [0.2, 0.25) is 0 Å². The summed E-state index contributed by atoms with van der Waals surface area (Å²) in [5, 5.41) is 14.1. The van der Waals surface area contributed by atoms with E-state index >= 15 is 0 Å². The normalized spacial score (nSPS) is 13.6. The molecule has 3 aromatic rings. The van der Waals surface area contributed by atoms with Crippen LogP contribution < -0.4 is 5.32 Å². The van der Waals surface area contributed by atoms with Gasteiger partial charge in [-0.15, -0.1) is 11.3 Å². The fraction of sp³-hybridized carbons (Fsp3) is 0.0476. The third-order valence-corrected chi connectivity index (χ3v) is 5.29. The number of carbonyl (C=O) groups excluding carboxylic acids is 1. The molecule has 1 aliphatic rings. The average molecular weight is 394 g/mol. The number of aromatic hydroxyl groups is 1. The van der Waals surface area contributed by atoms with Crippen LogP contribution in [0.15, 0.2) is 53.5 Å². The lowest BCUT2D eigenvalue weighted by atomic mass is 10.1. The van der Waals surface area contributed by atoms with Crippen molar-refractivity contribution in [2.75, 3.05) is 12.4 Å². The number of methoxy groups -OCH3 is 1. The summed E-state index contributed by atoms with van der Waals surface area (Å²) in [6, 6.07) is 13.4. The lowest BCUT2D eigenvalue weighted by Gasteiger charge is -2.06. The number of nitrogens with one attached hydrogen (secondary N) is 1. The molecule has 2 N–H and O–H groups in total. The van der Waals surface area contributed by atoms with E-state index in [2.05, 4.69) is 10.3 Å². The molecule has 0 aliphatic carbocycles. The fourth-order valence-corrected chi connectivity index (χ4v) is 3.93. The summed E-state index contributed by atoms with van der Waals surface area (Å²) in [6.07, 6.45) is 3.49. The molecule has 0 bridgehead atoms. The maximum Gasteiger partial charge on any atom is 0.344 e. The largest absolute Gasteiger partial charge is 0.505 e. The predicted octanol–water partition coefficient (Wildman–Crippen LogP) is 5.38. The van der Waals surface area contributed by atoms with E-state index < -0.39 is 5.97 Å². The number of nitrogens with zero attached hydrogens (tertiary/aromatic N) is 1. The minimum Gasteiger partial charge on any atom is -0.505 e. The van der Waals surface area contributed by atoms with Gasteiger partial charge in [0.05, 0.1) is 17.7 Å². The minimum atomic E-state index is -0.663. The van der Waals surface area contributed by atoms with E-state index in [1.54, 1.807) is 24.4 Å². The molecule has 1 aliphatic heterocycles. The zero-order valence-electron chi connectivity index (χ0n) is 14.8. The van der Waals surface area contributed by atoms with Crippen LogP contribution in [0.3, 0.4) is 0 Å². The minimum absolute atomic E-state index is 0.0342. The molecule has 0 amide bonds. The first kappa shape index (κ1) is 17.9. The van der Waals surface area contributed by atoms with Crippen LogP contribution in [-0.2, 0) is 4.74 Å². The lowest BCUT2D eigenvalue weighted by Crippen LogP contribution is -2.03. The second-order valence-corrected chi connectivity index (χ2v) is 7.07. The van der Waals surface area contributed by atoms with Crippen molar-refractivity contribution in [1.82, 2.24) is 0 Å². The van der Waals surface area contributed by atoms with Crippen LogP contribution in [0.5, 0.6) is 5.75 Å². The molecule has 7 heteroatoms. The number of thiophene rings is 1. The van der Waals surface area contributed by atoms with Gasteiger partial charge in [0, 0.05) is 23.0 Å². The van der Waals surface area contributed by atoms with Crippen LogP contribution in [0.25, 0.3) is 11.6 Å². The van der Waals surface area contributed by atoms with Gasteiger partial charge in [-0.3, -0.25) is 4.99 Å². The number of anilines is 2. The van der Waals surface area contributed by atoms with E-state index in [4.69, 9.17) is 4.74 Å². The molecule has 0 fully saturated rings. The molecule has 0 saturated heterocycles. The van der Waals surface area contributed by atoms with Crippen LogP contribution in [0.2, 0.25) is 0 Å². The van der Waals surface area contributed by atoms with Gasteiger partial charge in [-0.2, -0.15) is 0 Å². The molecule has 0 saturated carbocycles. The van der Waals surface area contributed by atoms with E-state index in [9.17, 15) is 14.3 Å². The molecule has 0 atom stereocenters. The molecule has 28 heavy (non-hydrogen) atoms. The van der Waals surface area contributed by atoms with Gasteiger partial charge in [0.1, 0.15) is 22.1 Å². The number of para-hydroxylation sites is 1. The van der Waals surface area contributed by atoms with Gasteiger partial charge in [-0.05, 0) is 36.4 Å². The Morgan fingerprint density at radius 3 is 2.71 bits per heavy atom. The number of benzene rings is 2. The van der Waals surface area contributed by atoms with Crippen LogP contribution in [0, 0.1) is 5.82 Å². The molecule has 140 valence electrons. The highest BCUT2D eigenvalue weighted by molar-refractivity contribution is 7.18. The van der Waals surface area contributed by atoms with Crippen molar-refractivity contribution < 1.29 is 19.0 Å². The number of rotatable bonds is 4. The van der Waals surface area contributed by atoms with Crippen molar-refractivity contribution in [1.29, 1.82) is 0 Å². The third kappa shape index (κ3) is 3.27. The third-order valence-electron chi connectivity index (χ3n) is 4.25. The van der Waals surface area contributed by atoms with Gasteiger partial charge < -0.3 is 15.2 Å². The molecule has 0 spiro atoms. The Hall–Kier alpha value is -3.45. The summed E-state index contributed by atoms with van der Waals surface area (Å²) >= 11 is 1.20. The van der Waals surface area contributed by atoms with E-state index in [0.29, 0.717) is 15.6 Å². The van der Waals surface area contributed by atoms with Crippen molar-refractivity contribution in [2.45, 2.75) is 0 Å². The number of hydrogen-bond donors (Lipinski definition) is 2. The summed E-state index contributed by atoms with van der Waals surface area (Å²) in [4.78, 5) is 17.1. The van der Waals surface area contributed by atoms with E-state index in [-0.39, 0.29) is 17.1 Å². The molecule has 0 radical (unpaired) electrons. The summed E-state index contributed by atoms with van der Waals surface area (Å²) in [5.74, 6) is -1.20. The maximum absolute atomic E-state index is 13.1. The van der Waals surface area contributed by atoms with Crippen LogP contribution >= 0.6 is 11.3 Å². The van der Waals surface area contributed by atoms with Gasteiger partial charge in [0.25, 0.3) is 0 Å². The summed E-state index contributed by atoms with van der Waals surface area (Å²) in [5.41, 5.74) is 3.24. The quantitative estimate of drug-likeness (QED) is 0.583. The highest BCUT2D eigenvalue weighted by atomic mass is 32.1. The molecule has 0 unspecified atom stereocenters. The van der Waals surface area contributed by atoms with Crippen LogP contribution in [0.4, 0.5) is 20.8 Å². The number of ether oxygens (including phenoxy) is 1. The number of halogens is 1. The van der Waals surface area contributed by atoms with Crippen LogP contribution in [-0.4, -0.2) is 24.4 Å². The van der Waals surface area contributed by atoms with Gasteiger partial charge in [-0.1, -0.05) is 18.2 Å². The fourth-order valence-electron chi connectivity index (χ4n) is 2.88. The first-order valence-electron chi connectivity index (χ1n) is 8.38. The Kier molecular flexibility index (Phi) is 4.67. The van der Waals surface area contributed by atoms with E-state index in [1.807, 2.05) is 24.3 Å². The SMILES string of the molecule is COC(=O)c1c(Nc2ccc(F)cc2)sc(C=C2C=Nc3ccccc32)c1O. The smallest absolute Gasteiger partial charge is 0.344 e. The van der Waals surface area contributed by atoms with E-state index in [0.717, 1.165) is 16.8 Å². The molecule has 2 heterocycles. The van der Waals surface area contributed by atoms with Gasteiger partial charge >= 0.3 is 5.97 Å². The topological polar surface area (TPSA) is 70.9 Å². The molecule has 2 aromatic carbocycles. The number of carbonyl (C=O) groups is 1. The van der Waals surface area contributed by atoms with E-state index in [1.165, 1.54) is 30.6 Å². The average Bonchev–Trinajstić information content (AvgIpc) is 3.25. The van der Waals surface area contributed by atoms with Crippen molar-refractivity contribution in [3.05, 3.63) is 70.4 Å². The first-order valence-corrected chi connectivity index (χ1v) is 9.20. The number of aliphatic imine (C=N–C) groups is 1. The standard InChI is InChI=1S/C21H15FN2O3S/c1-27-21(26)18-19(25)17(10-12-11-23-16-5-3-2-4-15(12)16)28-20(18)24-14-8-6-13(22)7-9-14/h2-11,24-25H,1H3. The van der Waals surface area contributed by atoms with Gasteiger partial charge in [0.15, 0.2) is 0 Å². The first-order chi connectivity index (χ1) is 13.6. The Bertz CT molecular complexity index is 1120. The Balaban J connectivity index is 1.76. The highest BCUT2D eigenvalue weighted by Crippen LogP contribution is 2.43. The predicted molar refractivity (Wildman–Crippen MR) is 109 cm³/mol. The number of fused-ring (bicyclic) bond motifs is 1. The van der Waals surface area contributed by atoms with Crippen molar-refractivity contribution in [2.24, 2.45) is 4.99 Å². The number of allylic oxidation sites excluding steroid dienone is 1. The zero-order chi connectivity index (χ0) is 19.7. The Labute approximate surface area is 164 Å². The summed E-state index contributed by atoms with van der Waals surface area (Å²) in [7, 11) is 1.25. The second-order valence-electron chi connectivity index (χ2n) is 6.02. The zero-order valence-corrected chi connectivity index (χ0v) is 15.6. The number of hydrogen-bond acceptors (Lipinski definition) is 6. The second kappa shape index (κ2) is 7.28. The van der Waals surface area contributed by atoms with Gasteiger partial charge in [-0.25, -0.2) is 9.18 Å². The molecule has 5 nitrogen and oxygen atoms in total. The van der Waals surface area contributed by atoms with Crippen molar-refractivity contribution in [3.63, 3.8) is 0 Å². The van der Waals surface area contributed by atoms with Crippen molar-refractivity contribution in [3.8, 4) is 5.75 Å². The maximum atomic E-state index is 13.1. The highest BCUT2D eigenvalue weighted by Gasteiger charge is 2.24. The molecular weight excluding hydrogens is 379 g/mol. The Morgan fingerprint density at radius 1 is 1.21 bits per heavy atom. The van der Waals surface area contributed by atoms with Crippen molar-refractivity contribution >= 4 is 51.5 Å². The Morgan fingerprint density at radius 2 is 1.96 bits per heavy atom. The lowest BCUT2D eigenvalue weighted by molar-refractivity contribution is 0.0599. The summed E-state index contributed by atoms with van der Waals surface area (Å²) < 4.78 is 18.0. The molecule has 1 aromatic heterocycles.